The van der Waals surface area contributed by atoms with Crippen LogP contribution in [0.1, 0.15) is 44.8 Å². The molecule has 1 N–H and O–H groups in total. The van der Waals surface area contributed by atoms with Gasteiger partial charge < -0.3 is 9.84 Å². The zero-order chi connectivity index (χ0) is 14.8. The van der Waals surface area contributed by atoms with Crippen molar-refractivity contribution in [1.82, 2.24) is 4.90 Å². The highest BCUT2D eigenvalue weighted by Gasteiger charge is 2.32. The van der Waals surface area contributed by atoms with E-state index in [1.807, 2.05) is 0 Å². The Labute approximate surface area is 120 Å². The van der Waals surface area contributed by atoms with Gasteiger partial charge in [-0.1, -0.05) is 6.07 Å². The van der Waals surface area contributed by atoms with Gasteiger partial charge in [0.25, 0.3) is 0 Å². The van der Waals surface area contributed by atoms with E-state index in [9.17, 15) is 9.50 Å². The average molecular weight is 281 g/mol. The Balaban J connectivity index is 2.04. The van der Waals surface area contributed by atoms with Crippen molar-refractivity contribution in [3.8, 4) is 5.75 Å². The average Bonchev–Trinajstić information content (AvgIpc) is 2.74. The molecule has 0 aliphatic carbocycles. The molecule has 4 heteroatoms. The normalized spacial score (nSPS) is 20.1. The number of rotatable bonds is 5. The summed E-state index contributed by atoms with van der Waals surface area (Å²) in [4.78, 5) is 2.36. The summed E-state index contributed by atoms with van der Waals surface area (Å²) in [5, 5.41) is 10.3. The number of likely N-dealkylation sites (tertiary alicyclic amines) is 1. The number of halogens is 1. The van der Waals surface area contributed by atoms with E-state index in [-0.39, 0.29) is 11.1 Å². The lowest BCUT2D eigenvalue weighted by atomic mass is 10.0. The minimum atomic E-state index is -0.831. The summed E-state index contributed by atoms with van der Waals surface area (Å²) in [6.45, 7) is 6.26. The van der Waals surface area contributed by atoms with Crippen LogP contribution in [-0.2, 0) is 0 Å². The van der Waals surface area contributed by atoms with Gasteiger partial charge >= 0.3 is 0 Å². The molecule has 1 aliphatic heterocycles. The molecule has 1 aliphatic rings. The maximum Gasteiger partial charge on any atom is 0.132 e. The number of ether oxygens (including phenoxy) is 1. The molecule has 1 saturated heterocycles. The molecular formula is C16H24FNO2. The van der Waals surface area contributed by atoms with Crippen LogP contribution in [0.5, 0.6) is 5.75 Å². The second-order valence-electron chi connectivity index (χ2n) is 6.06. The largest absolute Gasteiger partial charge is 0.496 e. The van der Waals surface area contributed by atoms with E-state index in [1.165, 1.54) is 26.0 Å². The maximum atomic E-state index is 13.9. The Morgan fingerprint density at radius 3 is 2.80 bits per heavy atom. The van der Waals surface area contributed by atoms with Gasteiger partial charge in [0, 0.05) is 12.1 Å². The lowest BCUT2D eigenvalue weighted by molar-refractivity contribution is 0.111. The number of aliphatic hydroxyl groups is 1. The van der Waals surface area contributed by atoms with Gasteiger partial charge in [0.15, 0.2) is 0 Å². The first-order valence-electron chi connectivity index (χ1n) is 7.21. The van der Waals surface area contributed by atoms with Crippen LogP contribution in [0.3, 0.4) is 0 Å². The number of hydrogen-bond donors (Lipinski definition) is 1. The molecule has 112 valence electrons. The monoisotopic (exact) mass is 281 g/mol. The molecule has 0 amide bonds. The lowest BCUT2D eigenvalue weighted by Gasteiger charge is -2.32. The zero-order valence-electron chi connectivity index (χ0n) is 12.5. The van der Waals surface area contributed by atoms with Crippen LogP contribution in [0, 0.1) is 5.82 Å². The molecule has 1 atom stereocenters. The minimum absolute atomic E-state index is 0.180. The van der Waals surface area contributed by atoms with Gasteiger partial charge in [-0.15, -0.1) is 0 Å². The topological polar surface area (TPSA) is 32.7 Å². The molecular weight excluding hydrogens is 257 g/mol. The molecule has 0 saturated carbocycles. The summed E-state index contributed by atoms with van der Waals surface area (Å²) < 4.78 is 19.0. The minimum Gasteiger partial charge on any atom is -0.496 e. The third kappa shape index (κ3) is 3.13. The first kappa shape index (κ1) is 15.3. The van der Waals surface area contributed by atoms with Crippen molar-refractivity contribution in [3.63, 3.8) is 0 Å². The Morgan fingerprint density at radius 1 is 1.45 bits per heavy atom. The van der Waals surface area contributed by atoms with Crippen molar-refractivity contribution in [1.29, 1.82) is 0 Å². The molecule has 1 heterocycles. The van der Waals surface area contributed by atoms with E-state index in [0.717, 1.165) is 13.1 Å². The fourth-order valence-electron chi connectivity index (χ4n) is 3.02. The molecule has 1 aromatic carbocycles. The summed E-state index contributed by atoms with van der Waals surface area (Å²) in [6.07, 6.45) is 2.04. The predicted octanol–water partition coefficient (Wildman–Crippen LogP) is 3.13. The molecule has 0 bridgehead atoms. The predicted molar refractivity (Wildman–Crippen MR) is 77.4 cm³/mol. The van der Waals surface area contributed by atoms with Gasteiger partial charge in [0.05, 0.1) is 18.8 Å². The SMILES string of the molecule is COc1cccc(F)c1C(O)CCN1CCCC1(C)C. The van der Waals surface area contributed by atoms with Crippen molar-refractivity contribution >= 4 is 0 Å². The smallest absolute Gasteiger partial charge is 0.132 e. The van der Waals surface area contributed by atoms with Crippen LogP contribution in [-0.4, -0.2) is 35.7 Å². The summed E-state index contributed by atoms with van der Waals surface area (Å²) in [7, 11) is 1.49. The van der Waals surface area contributed by atoms with Crippen LogP contribution in [0.25, 0.3) is 0 Å². The van der Waals surface area contributed by atoms with Crippen molar-refractivity contribution in [3.05, 3.63) is 29.6 Å². The van der Waals surface area contributed by atoms with Crippen LogP contribution in [0.2, 0.25) is 0 Å². The first-order valence-corrected chi connectivity index (χ1v) is 7.21. The van der Waals surface area contributed by atoms with Crippen molar-refractivity contribution in [2.45, 2.75) is 44.8 Å². The fraction of sp³-hybridized carbons (Fsp3) is 0.625. The highest BCUT2D eigenvalue weighted by Crippen LogP contribution is 2.32. The molecule has 2 rings (SSSR count). The molecule has 0 aromatic heterocycles. The maximum absolute atomic E-state index is 13.9. The highest BCUT2D eigenvalue weighted by atomic mass is 19.1. The number of methoxy groups -OCH3 is 1. The highest BCUT2D eigenvalue weighted by molar-refractivity contribution is 5.36. The van der Waals surface area contributed by atoms with E-state index in [2.05, 4.69) is 18.7 Å². The Kier molecular flexibility index (Phi) is 4.66. The second kappa shape index (κ2) is 6.10. The van der Waals surface area contributed by atoms with Crippen molar-refractivity contribution < 1.29 is 14.2 Å². The Hall–Kier alpha value is -1.13. The summed E-state index contributed by atoms with van der Waals surface area (Å²) in [6, 6.07) is 4.64. The van der Waals surface area contributed by atoms with E-state index in [1.54, 1.807) is 12.1 Å². The van der Waals surface area contributed by atoms with Gasteiger partial charge in [0.2, 0.25) is 0 Å². The van der Waals surface area contributed by atoms with Crippen LogP contribution in [0.4, 0.5) is 4.39 Å². The second-order valence-corrected chi connectivity index (χ2v) is 6.06. The van der Waals surface area contributed by atoms with E-state index < -0.39 is 11.9 Å². The summed E-state index contributed by atoms with van der Waals surface area (Å²) in [5.74, 6) is 0.00992. The van der Waals surface area contributed by atoms with E-state index in [4.69, 9.17) is 4.74 Å². The quantitative estimate of drug-likeness (QED) is 0.900. The molecule has 0 radical (unpaired) electrons. The summed E-state index contributed by atoms with van der Waals surface area (Å²) >= 11 is 0. The van der Waals surface area contributed by atoms with Gasteiger partial charge in [-0.05, 0) is 51.8 Å². The zero-order valence-corrected chi connectivity index (χ0v) is 12.5. The molecule has 0 spiro atoms. The summed E-state index contributed by atoms with van der Waals surface area (Å²) in [5.41, 5.74) is 0.450. The Morgan fingerprint density at radius 2 is 2.20 bits per heavy atom. The standard InChI is InChI=1S/C16H24FNO2/c1-16(2)9-5-10-18(16)11-8-13(19)15-12(17)6-4-7-14(15)20-3/h4,6-7,13,19H,5,8-11H2,1-3H3. The number of hydrogen-bond acceptors (Lipinski definition) is 3. The van der Waals surface area contributed by atoms with Crippen molar-refractivity contribution in [2.75, 3.05) is 20.2 Å². The van der Waals surface area contributed by atoms with Gasteiger partial charge in [-0.3, -0.25) is 4.90 Å². The van der Waals surface area contributed by atoms with Crippen molar-refractivity contribution in [2.24, 2.45) is 0 Å². The van der Waals surface area contributed by atoms with E-state index >= 15 is 0 Å². The number of aliphatic hydroxyl groups excluding tert-OH is 1. The van der Waals surface area contributed by atoms with Gasteiger partial charge in [0.1, 0.15) is 11.6 Å². The molecule has 3 nitrogen and oxygen atoms in total. The van der Waals surface area contributed by atoms with Gasteiger partial charge in [-0.25, -0.2) is 4.39 Å². The molecule has 1 fully saturated rings. The third-order valence-electron chi connectivity index (χ3n) is 4.31. The van der Waals surface area contributed by atoms with E-state index in [0.29, 0.717) is 12.2 Å². The van der Waals surface area contributed by atoms with Crippen LogP contribution >= 0.6 is 0 Å². The lowest BCUT2D eigenvalue weighted by Crippen LogP contribution is -2.39. The fourth-order valence-corrected chi connectivity index (χ4v) is 3.02. The first-order chi connectivity index (χ1) is 9.45. The Bertz CT molecular complexity index is 462. The molecule has 20 heavy (non-hydrogen) atoms. The van der Waals surface area contributed by atoms with Crippen LogP contribution in [0.15, 0.2) is 18.2 Å². The van der Waals surface area contributed by atoms with Crippen LogP contribution < -0.4 is 4.74 Å². The third-order valence-corrected chi connectivity index (χ3v) is 4.31. The molecule has 1 unspecified atom stereocenters. The molecule has 1 aromatic rings. The van der Waals surface area contributed by atoms with Gasteiger partial charge in [-0.2, -0.15) is 0 Å². The number of nitrogens with zero attached hydrogens (tertiary/aromatic N) is 1. The number of benzene rings is 1.